The Morgan fingerprint density at radius 1 is 0.939 bits per heavy atom. The third-order valence-electron chi connectivity index (χ3n) is 4.73. The van der Waals surface area contributed by atoms with E-state index in [1.807, 2.05) is 19.9 Å². The molecule has 0 aliphatic carbocycles. The van der Waals surface area contributed by atoms with Crippen molar-refractivity contribution in [2.75, 3.05) is 13.2 Å². The van der Waals surface area contributed by atoms with E-state index in [0.29, 0.717) is 5.52 Å². The predicted octanol–water partition coefficient (Wildman–Crippen LogP) is 4.44. The minimum atomic E-state index is -0.915. The predicted molar refractivity (Wildman–Crippen MR) is 126 cm³/mol. The highest BCUT2D eigenvalue weighted by Crippen LogP contribution is 2.35. The van der Waals surface area contributed by atoms with Crippen molar-refractivity contribution >= 4 is 45.0 Å². The fraction of sp³-hybridized carbons (Fsp3) is 0.417. The van der Waals surface area contributed by atoms with Gasteiger partial charge in [-0.25, -0.2) is 14.4 Å². The first-order valence-corrected chi connectivity index (χ1v) is 11.4. The molecule has 3 rings (SSSR count). The molecule has 0 radical (unpaired) electrons. The number of pyridine rings is 1. The second kappa shape index (κ2) is 8.97. The second-order valence-electron chi connectivity index (χ2n) is 8.55. The molecule has 0 spiro atoms. The Morgan fingerprint density at radius 2 is 1.55 bits per heavy atom. The molecule has 0 saturated heterocycles. The monoisotopic (exact) mass is 473 g/mol. The Bertz CT molecular complexity index is 1340. The van der Waals surface area contributed by atoms with Gasteiger partial charge in [-0.15, -0.1) is 11.3 Å². The quantitative estimate of drug-likeness (QED) is 0.399. The molecule has 9 heteroatoms. The Labute approximate surface area is 195 Å². The third-order valence-corrected chi connectivity index (χ3v) is 5.90. The average Bonchev–Trinajstić information content (AvgIpc) is 3.01. The number of rotatable bonds is 5. The van der Waals surface area contributed by atoms with Crippen LogP contribution < -0.4 is 5.43 Å². The Balaban J connectivity index is 2.55. The lowest BCUT2D eigenvalue weighted by molar-refractivity contribution is 0.00736. The van der Waals surface area contributed by atoms with E-state index >= 15 is 0 Å². The lowest BCUT2D eigenvalue weighted by Crippen LogP contribution is -2.24. The molecule has 0 unspecified atom stereocenters. The first-order chi connectivity index (χ1) is 15.4. The molecule has 0 bridgehead atoms. The number of hydrogen-bond donors (Lipinski definition) is 0. The Morgan fingerprint density at radius 3 is 2.12 bits per heavy atom. The van der Waals surface area contributed by atoms with Gasteiger partial charge in [-0.1, -0.05) is 6.07 Å². The fourth-order valence-electron chi connectivity index (χ4n) is 3.67. The molecular weight excluding hydrogens is 446 g/mol. The van der Waals surface area contributed by atoms with Crippen molar-refractivity contribution in [3.05, 3.63) is 49.6 Å². The van der Waals surface area contributed by atoms with E-state index in [4.69, 9.17) is 14.2 Å². The van der Waals surface area contributed by atoms with Crippen LogP contribution in [0, 0.1) is 13.8 Å². The molecule has 33 heavy (non-hydrogen) atoms. The minimum absolute atomic E-state index is 0.0273. The molecule has 0 aliphatic rings. The van der Waals surface area contributed by atoms with Gasteiger partial charge in [0.1, 0.15) is 27.1 Å². The van der Waals surface area contributed by atoms with Crippen molar-refractivity contribution in [2.24, 2.45) is 0 Å². The number of aromatic nitrogens is 1. The molecule has 0 atom stereocenters. The van der Waals surface area contributed by atoms with E-state index in [0.717, 1.165) is 22.5 Å². The van der Waals surface area contributed by atoms with Gasteiger partial charge in [0.2, 0.25) is 5.43 Å². The van der Waals surface area contributed by atoms with E-state index in [1.54, 1.807) is 45.2 Å². The average molecular weight is 474 g/mol. The van der Waals surface area contributed by atoms with Crippen molar-refractivity contribution in [3.8, 4) is 0 Å². The maximum atomic E-state index is 13.7. The summed E-state index contributed by atoms with van der Waals surface area (Å²) in [5, 5.41) is 0. The number of carbonyl (C=O) groups excluding carboxylic acids is 3. The van der Waals surface area contributed by atoms with Crippen molar-refractivity contribution in [1.82, 2.24) is 4.40 Å². The van der Waals surface area contributed by atoms with Gasteiger partial charge in [-0.3, -0.25) is 4.79 Å². The van der Waals surface area contributed by atoms with E-state index in [2.05, 4.69) is 0 Å². The van der Waals surface area contributed by atoms with Crippen LogP contribution in [0.1, 0.15) is 76.1 Å². The van der Waals surface area contributed by atoms with Crippen molar-refractivity contribution in [3.63, 3.8) is 0 Å². The van der Waals surface area contributed by atoms with Gasteiger partial charge in [0.25, 0.3) is 0 Å². The van der Waals surface area contributed by atoms with Gasteiger partial charge in [0.05, 0.1) is 23.4 Å². The summed E-state index contributed by atoms with van der Waals surface area (Å²) < 4.78 is 17.6. The minimum Gasteiger partial charge on any atom is -0.462 e. The van der Waals surface area contributed by atoms with Crippen LogP contribution in [0.2, 0.25) is 0 Å². The van der Waals surface area contributed by atoms with Crippen LogP contribution in [0.5, 0.6) is 0 Å². The maximum absolute atomic E-state index is 13.7. The van der Waals surface area contributed by atoms with Crippen molar-refractivity contribution in [1.29, 1.82) is 0 Å². The third kappa shape index (κ3) is 4.50. The van der Waals surface area contributed by atoms with Gasteiger partial charge in [-0.05, 0) is 59.6 Å². The molecule has 0 saturated carbocycles. The molecule has 3 aromatic rings. The van der Waals surface area contributed by atoms with E-state index in [9.17, 15) is 19.2 Å². The Hall–Kier alpha value is -3.20. The smallest absolute Gasteiger partial charge is 0.349 e. The molecule has 0 N–H and O–H groups in total. The first-order valence-electron chi connectivity index (χ1n) is 10.6. The van der Waals surface area contributed by atoms with Crippen LogP contribution >= 0.6 is 11.3 Å². The van der Waals surface area contributed by atoms with Crippen LogP contribution in [0.15, 0.2) is 17.1 Å². The summed E-state index contributed by atoms with van der Waals surface area (Å²) >= 11 is 0.854. The topological polar surface area (TPSA) is 100 Å². The molecule has 8 nitrogen and oxygen atoms in total. The number of nitrogens with zero attached hydrogens (tertiary/aromatic N) is 1. The molecule has 176 valence electrons. The summed E-state index contributed by atoms with van der Waals surface area (Å²) in [7, 11) is 0. The number of fused-ring (bicyclic) bond motifs is 3. The van der Waals surface area contributed by atoms with E-state index < -0.39 is 34.5 Å². The number of aryl methyl sites for hydroxylation is 2. The standard InChI is InChI=1S/C24H27NO7S/c1-8-30-21(27)15-18(26)17-19(33-20(15)23(29)31-9-2)14(22(28)32-24(5,6)7)16-13(4)10-12(3)11-25(16)17/h10-11H,8-9H2,1-7H3. The number of carbonyl (C=O) groups is 3. The maximum Gasteiger partial charge on any atom is 0.349 e. The van der Waals surface area contributed by atoms with Gasteiger partial charge < -0.3 is 18.6 Å². The van der Waals surface area contributed by atoms with Crippen LogP contribution in [-0.4, -0.2) is 41.1 Å². The van der Waals surface area contributed by atoms with Crippen LogP contribution in [0.4, 0.5) is 0 Å². The highest BCUT2D eigenvalue weighted by Gasteiger charge is 2.32. The largest absolute Gasteiger partial charge is 0.462 e. The molecule has 0 amide bonds. The lowest BCUT2D eigenvalue weighted by Gasteiger charge is -2.19. The summed E-state index contributed by atoms with van der Waals surface area (Å²) in [5.74, 6) is -2.37. The lowest BCUT2D eigenvalue weighted by atomic mass is 10.1. The highest BCUT2D eigenvalue weighted by molar-refractivity contribution is 7.20. The van der Waals surface area contributed by atoms with Crippen molar-refractivity contribution < 1.29 is 28.6 Å². The van der Waals surface area contributed by atoms with Crippen molar-refractivity contribution in [2.45, 2.75) is 54.1 Å². The summed E-state index contributed by atoms with van der Waals surface area (Å²) in [5.41, 5.74) is 0.462. The molecule has 3 aromatic heterocycles. The SMILES string of the molecule is CCOC(=O)c1sc2c(C(=O)OC(C)(C)C)c3c(C)cc(C)cn3c2c(=O)c1C(=O)OCC. The first kappa shape index (κ1) is 24.4. The van der Waals surface area contributed by atoms with Crippen LogP contribution in [-0.2, 0) is 14.2 Å². The number of hydrogen-bond acceptors (Lipinski definition) is 8. The number of ether oxygens (including phenoxy) is 3. The molecular formula is C24H27NO7S. The van der Waals surface area contributed by atoms with Gasteiger partial charge in [0.15, 0.2) is 0 Å². The van der Waals surface area contributed by atoms with Gasteiger partial charge >= 0.3 is 17.9 Å². The summed E-state index contributed by atoms with van der Waals surface area (Å²) in [6.45, 7) is 12.2. The summed E-state index contributed by atoms with van der Waals surface area (Å²) in [4.78, 5) is 52.2. The highest BCUT2D eigenvalue weighted by atomic mass is 32.1. The van der Waals surface area contributed by atoms with E-state index in [-0.39, 0.29) is 33.9 Å². The van der Waals surface area contributed by atoms with Gasteiger partial charge in [0, 0.05) is 6.20 Å². The normalized spacial score (nSPS) is 11.6. The van der Waals surface area contributed by atoms with Crippen LogP contribution in [0.3, 0.4) is 0 Å². The van der Waals surface area contributed by atoms with Crippen LogP contribution in [0.25, 0.3) is 15.7 Å². The second-order valence-corrected chi connectivity index (χ2v) is 9.57. The fourth-order valence-corrected chi connectivity index (χ4v) is 4.86. The van der Waals surface area contributed by atoms with E-state index in [1.165, 1.54) is 0 Å². The molecule has 0 aliphatic heterocycles. The summed E-state index contributed by atoms with van der Waals surface area (Å²) in [6, 6.07) is 1.88. The zero-order valence-corrected chi connectivity index (χ0v) is 20.6. The summed E-state index contributed by atoms with van der Waals surface area (Å²) in [6.07, 6.45) is 1.71. The number of esters is 3. The van der Waals surface area contributed by atoms with Gasteiger partial charge in [-0.2, -0.15) is 0 Å². The molecule has 0 fully saturated rings. The zero-order chi connectivity index (χ0) is 24.7. The molecule has 3 heterocycles. The Kier molecular flexibility index (Phi) is 6.65. The zero-order valence-electron chi connectivity index (χ0n) is 19.8. The molecule has 0 aromatic carbocycles.